The number of hydrogen-bond donors (Lipinski definition) is 2. The molecule has 2 aromatic carbocycles. The number of unbranched alkanes of at least 4 members (excludes halogenated alkanes) is 1. The molecule has 0 saturated carbocycles. The Kier molecular flexibility index (Phi) is 7.66. The van der Waals surface area contributed by atoms with E-state index in [0.29, 0.717) is 19.3 Å². The lowest BCUT2D eigenvalue weighted by Gasteiger charge is -2.26. The van der Waals surface area contributed by atoms with Gasteiger partial charge in [-0.25, -0.2) is 0 Å². The quantitative estimate of drug-likeness (QED) is 0.346. The molecule has 1 fully saturated rings. The van der Waals surface area contributed by atoms with Crippen LogP contribution < -0.4 is 4.90 Å². The maximum Gasteiger partial charge on any atom is 0.303 e. The van der Waals surface area contributed by atoms with Gasteiger partial charge in [0.15, 0.2) is 0 Å². The number of benzene rings is 2. The van der Waals surface area contributed by atoms with E-state index in [1.807, 2.05) is 66.7 Å². The highest BCUT2D eigenvalue weighted by Gasteiger charge is 2.38. The third-order valence-corrected chi connectivity index (χ3v) is 5.74. The average molecular weight is 428 g/mol. The van der Waals surface area contributed by atoms with Gasteiger partial charge in [-0.1, -0.05) is 54.6 Å². The first-order chi connectivity index (χ1) is 14.5. The van der Waals surface area contributed by atoms with Crippen LogP contribution in [0.2, 0.25) is 0 Å². The molecule has 3 unspecified atom stereocenters. The normalized spacial score (nSPS) is 20.1. The van der Waals surface area contributed by atoms with Crippen molar-refractivity contribution in [1.29, 1.82) is 0 Å². The van der Waals surface area contributed by atoms with Crippen molar-refractivity contribution >= 4 is 29.2 Å². The fraction of sp³-hybridized carbons (Fsp3) is 0.333. The van der Waals surface area contributed by atoms with Gasteiger partial charge in [-0.3, -0.25) is 9.59 Å². The summed E-state index contributed by atoms with van der Waals surface area (Å²) in [4.78, 5) is 24.8. The van der Waals surface area contributed by atoms with Gasteiger partial charge in [0.1, 0.15) is 6.10 Å². The molecule has 1 amide bonds. The number of carbonyl (C=O) groups excluding carboxylic acids is 1. The molecule has 3 rings (SSSR count). The molecule has 2 N–H and O–H groups in total. The first-order valence-corrected chi connectivity index (χ1v) is 10.6. The molecule has 1 aliphatic heterocycles. The van der Waals surface area contributed by atoms with Crippen LogP contribution in [-0.2, 0) is 9.59 Å². The predicted molar refractivity (Wildman–Crippen MR) is 118 cm³/mol. The molecule has 0 aliphatic carbocycles. The predicted octanol–water partition coefficient (Wildman–Crippen LogP) is 4.68. The Hall–Kier alpha value is -2.63. The maximum absolute atomic E-state index is 12.5. The highest BCUT2D eigenvalue weighted by atomic mass is 35.5. The number of carboxylic acids is 1. The SMILES string of the molecule is O=C(O)CCC/C=C\CC1C(Cl)CC(=O)N1c1ccc(C(O)c2ccccc2)cc1. The summed E-state index contributed by atoms with van der Waals surface area (Å²) in [5.74, 6) is -0.812. The zero-order valence-corrected chi connectivity index (χ0v) is 17.4. The third-order valence-electron chi connectivity index (χ3n) is 5.30. The Morgan fingerprint density at radius 3 is 2.43 bits per heavy atom. The van der Waals surface area contributed by atoms with E-state index in [0.717, 1.165) is 16.8 Å². The van der Waals surface area contributed by atoms with Crippen molar-refractivity contribution in [3.8, 4) is 0 Å². The van der Waals surface area contributed by atoms with Crippen molar-refractivity contribution in [2.45, 2.75) is 49.6 Å². The lowest BCUT2D eigenvalue weighted by molar-refractivity contribution is -0.137. The molecule has 2 aromatic rings. The van der Waals surface area contributed by atoms with Crippen LogP contribution in [0.4, 0.5) is 5.69 Å². The topological polar surface area (TPSA) is 77.8 Å². The van der Waals surface area contributed by atoms with E-state index >= 15 is 0 Å². The number of nitrogens with zero attached hydrogens (tertiary/aromatic N) is 1. The Balaban J connectivity index is 1.67. The van der Waals surface area contributed by atoms with Crippen molar-refractivity contribution in [3.05, 3.63) is 77.9 Å². The lowest BCUT2D eigenvalue weighted by atomic mass is 10.0. The first kappa shape index (κ1) is 22.1. The summed E-state index contributed by atoms with van der Waals surface area (Å²) in [5, 5.41) is 19.0. The number of aliphatic carboxylic acids is 1. The average Bonchev–Trinajstić information content (AvgIpc) is 3.03. The summed E-state index contributed by atoms with van der Waals surface area (Å²) in [6.07, 6.45) is 5.53. The van der Waals surface area contributed by atoms with Crippen molar-refractivity contribution in [2.75, 3.05) is 4.90 Å². The van der Waals surface area contributed by atoms with Crippen LogP contribution in [0.5, 0.6) is 0 Å². The maximum atomic E-state index is 12.5. The Morgan fingerprint density at radius 2 is 1.77 bits per heavy atom. The molecular weight excluding hydrogens is 402 g/mol. The zero-order valence-electron chi connectivity index (χ0n) is 16.7. The molecule has 30 heavy (non-hydrogen) atoms. The smallest absolute Gasteiger partial charge is 0.303 e. The summed E-state index contributed by atoms with van der Waals surface area (Å²) in [6.45, 7) is 0. The Bertz CT molecular complexity index is 882. The number of carbonyl (C=O) groups is 2. The van der Waals surface area contributed by atoms with Crippen LogP contribution in [0.3, 0.4) is 0 Å². The molecule has 3 atom stereocenters. The minimum atomic E-state index is -0.794. The summed E-state index contributed by atoms with van der Waals surface area (Å²) in [5.41, 5.74) is 2.33. The molecule has 1 aliphatic rings. The second-order valence-electron chi connectivity index (χ2n) is 7.45. The van der Waals surface area contributed by atoms with Gasteiger partial charge in [-0.05, 0) is 42.5 Å². The minimum absolute atomic E-state index is 0.0179. The van der Waals surface area contributed by atoms with E-state index in [1.165, 1.54) is 0 Å². The molecule has 0 spiro atoms. The van der Waals surface area contributed by atoms with Gasteiger partial charge in [0, 0.05) is 18.5 Å². The van der Waals surface area contributed by atoms with Crippen LogP contribution in [-0.4, -0.2) is 33.5 Å². The number of halogens is 1. The van der Waals surface area contributed by atoms with Crippen molar-refractivity contribution in [1.82, 2.24) is 0 Å². The number of carboxylic acid groups (broad SMARTS) is 1. The van der Waals surface area contributed by atoms with E-state index in [2.05, 4.69) is 0 Å². The molecule has 1 saturated heterocycles. The number of aliphatic hydroxyl groups is 1. The standard InChI is InChI=1S/C24H26ClNO4/c25-20-16-22(27)26(21(20)10-6-1-2-7-11-23(28)29)19-14-12-18(13-15-19)24(30)17-8-4-3-5-9-17/h1,3-6,8-9,12-15,20-21,24,30H,2,7,10-11,16H2,(H,28,29)/b6-1-. The second kappa shape index (κ2) is 10.4. The van der Waals surface area contributed by atoms with E-state index < -0.39 is 12.1 Å². The van der Waals surface area contributed by atoms with Gasteiger partial charge in [0.25, 0.3) is 0 Å². The molecule has 6 heteroatoms. The van der Waals surface area contributed by atoms with Crippen LogP contribution in [0.25, 0.3) is 0 Å². The van der Waals surface area contributed by atoms with Crippen LogP contribution in [0, 0.1) is 0 Å². The monoisotopic (exact) mass is 427 g/mol. The van der Waals surface area contributed by atoms with Gasteiger partial charge >= 0.3 is 5.97 Å². The van der Waals surface area contributed by atoms with Crippen LogP contribution in [0.15, 0.2) is 66.7 Å². The summed E-state index contributed by atoms with van der Waals surface area (Å²) in [6, 6.07) is 16.6. The first-order valence-electron chi connectivity index (χ1n) is 10.1. The number of amides is 1. The number of hydrogen-bond acceptors (Lipinski definition) is 3. The van der Waals surface area contributed by atoms with E-state index in [1.54, 1.807) is 4.90 Å². The minimum Gasteiger partial charge on any atom is -0.481 e. The molecule has 0 aromatic heterocycles. The Labute approximate surface area is 181 Å². The van der Waals surface area contributed by atoms with Gasteiger partial charge in [-0.15, -0.1) is 11.6 Å². The van der Waals surface area contributed by atoms with E-state index in [4.69, 9.17) is 16.7 Å². The molecule has 158 valence electrons. The molecule has 1 heterocycles. The number of aliphatic hydroxyl groups excluding tert-OH is 1. The van der Waals surface area contributed by atoms with Crippen molar-refractivity contribution in [3.63, 3.8) is 0 Å². The number of rotatable bonds is 9. The summed E-state index contributed by atoms with van der Waals surface area (Å²) in [7, 11) is 0. The summed E-state index contributed by atoms with van der Waals surface area (Å²) < 4.78 is 0. The highest BCUT2D eigenvalue weighted by Crippen LogP contribution is 2.33. The third kappa shape index (κ3) is 5.49. The van der Waals surface area contributed by atoms with Crippen LogP contribution >= 0.6 is 11.6 Å². The lowest BCUT2D eigenvalue weighted by Crippen LogP contribution is -2.35. The molecule has 0 radical (unpaired) electrons. The van der Waals surface area contributed by atoms with Crippen molar-refractivity contribution in [2.24, 2.45) is 0 Å². The van der Waals surface area contributed by atoms with E-state index in [-0.39, 0.29) is 30.2 Å². The van der Waals surface area contributed by atoms with E-state index in [9.17, 15) is 14.7 Å². The number of anilines is 1. The largest absolute Gasteiger partial charge is 0.481 e. The number of alkyl halides is 1. The Morgan fingerprint density at radius 1 is 1.10 bits per heavy atom. The van der Waals surface area contributed by atoms with Gasteiger partial charge < -0.3 is 15.1 Å². The zero-order chi connectivity index (χ0) is 21.5. The molecular formula is C24H26ClNO4. The van der Waals surface area contributed by atoms with Gasteiger partial charge in [0.2, 0.25) is 5.91 Å². The fourth-order valence-corrected chi connectivity index (χ4v) is 4.05. The number of allylic oxidation sites excluding steroid dienone is 1. The van der Waals surface area contributed by atoms with Crippen LogP contribution in [0.1, 0.15) is 49.3 Å². The van der Waals surface area contributed by atoms with Gasteiger partial charge in [0.05, 0.1) is 11.4 Å². The molecule has 5 nitrogen and oxygen atoms in total. The second-order valence-corrected chi connectivity index (χ2v) is 8.01. The van der Waals surface area contributed by atoms with Crippen molar-refractivity contribution < 1.29 is 19.8 Å². The molecule has 0 bridgehead atoms. The fourth-order valence-electron chi connectivity index (χ4n) is 3.71. The van der Waals surface area contributed by atoms with Gasteiger partial charge in [-0.2, -0.15) is 0 Å². The summed E-state index contributed by atoms with van der Waals surface area (Å²) >= 11 is 6.45. The highest BCUT2D eigenvalue weighted by molar-refractivity contribution is 6.24.